The fraction of sp³-hybridized carbons (Fsp3) is 0.357. The fourth-order valence-electron chi connectivity index (χ4n) is 1.81. The summed E-state index contributed by atoms with van der Waals surface area (Å²) in [6, 6.07) is 9.28. The molecule has 6 heteroatoms. The Balaban J connectivity index is 1.92. The Morgan fingerprint density at radius 2 is 2.10 bits per heavy atom. The van der Waals surface area contributed by atoms with Crippen LogP contribution in [0.15, 0.2) is 30.3 Å². The van der Waals surface area contributed by atoms with E-state index in [1.807, 2.05) is 37.3 Å². The predicted octanol–water partition coefficient (Wildman–Crippen LogP) is 1.54. The molecule has 1 aromatic carbocycles. The number of para-hydroxylation sites is 1. The number of aromatic amines is 1. The van der Waals surface area contributed by atoms with Crippen molar-refractivity contribution < 1.29 is 9.53 Å². The zero-order valence-electron chi connectivity index (χ0n) is 11.8. The zero-order chi connectivity index (χ0) is 14.5. The number of aryl methyl sites for hydroxylation is 1. The number of aromatic nitrogens is 3. The Hall–Kier alpha value is -2.37. The van der Waals surface area contributed by atoms with Crippen LogP contribution in [0, 0.1) is 6.92 Å². The van der Waals surface area contributed by atoms with Crippen molar-refractivity contribution in [1.82, 2.24) is 20.1 Å². The SMILES string of the molecule is Cc1nc(CN(C)C(=O)C(C)Oc2ccccc2)n[nH]1. The standard InChI is InChI=1S/C14H18N4O2/c1-10(20-12-7-5-4-6-8-12)14(19)18(3)9-13-15-11(2)16-17-13/h4-8,10H,9H2,1-3H3,(H,15,16,17). The van der Waals surface area contributed by atoms with Crippen LogP contribution in [-0.2, 0) is 11.3 Å². The number of rotatable bonds is 5. The summed E-state index contributed by atoms with van der Waals surface area (Å²) in [7, 11) is 1.71. The second-order valence-electron chi connectivity index (χ2n) is 4.60. The Bertz CT molecular complexity index is 568. The monoisotopic (exact) mass is 274 g/mol. The third-order valence-corrected chi connectivity index (χ3v) is 2.80. The van der Waals surface area contributed by atoms with E-state index in [0.717, 1.165) is 5.82 Å². The normalized spacial score (nSPS) is 11.9. The molecule has 1 aromatic heterocycles. The van der Waals surface area contributed by atoms with Gasteiger partial charge in [-0.3, -0.25) is 9.89 Å². The topological polar surface area (TPSA) is 71.1 Å². The van der Waals surface area contributed by atoms with Gasteiger partial charge in [-0.15, -0.1) is 0 Å². The molecule has 0 bridgehead atoms. The summed E-state index contributed by atoms with van der Waals surface area (Å²) >= 11 is 0. The third-order valence-electron chi connectivity index (χ3n) is 2.80. The first-order valence-corrected chi connectivity index (χ1v) is 6.41. The Morgan fingerprint density at radius 3 is 2.70 bits per heavy atom. The van der Waals surface area contributed by atoms with Gasteiger partial charge in [-0.05, 0) is 26.0 Å². The highest BCUT2D eigenvalue weighted by Crippen LogP contribution is 2.12. The molecule has 2 rings (SSSR count). The number of ether oxygens (including phenoxy) is 1. The molecule has 0 aliphatic carbocycles. The van der Waals surface area contributed by atoms with Gasteiger partial charge in [-0.1, -0.05) is 18.2 Å². The number of likely N-dealkylation sites (N-methyl/N-ethyl adjacent to an activating group) is 1. The van der Waals surface area contributed by atoms with Crippen molar-refractivity contribution in [2.45, 2.75) is 26.5 Å². The van der Waals surface area contributed by atoms with Gasteiger partial charge in [-0.2, -0.15) is 5.10 Å². The largest absolute Gasteiger partial charge is 0.481 e. The summed E-state index contributed by atoms with van der Waals surface area (Å²) in [5.41, 5.74) is 0. The minimum absolute atomic E-state index is 0.115. The molecule has 0 radical (unpaired) electrons. The minimum Gasteiger partial charge on any atom is -0.481 e. The number of hydrogen-bond donors (Lipinski definition) is 1. The maximum Gasteiger partial charge on any atom is 0.263 e. The highest BCUT2D eigenvalue weighted by Gasteiger charge is 2.20. The van der Waals surface area contributed by atoms with Crippen LogP contribution in [0.4, 0.5) is 0 Å². The number of benzene rings is 1. The number of H-pyrrole nitrogens is 1. The first-order chi connectivity index (χ1) is 9.56. The van der Waals surface area contributed by atoms with Crippen LogP contribution in [0.1, 0.15) is 18.6 Å². The van der Waals surface area contributed by atoms with E-state index in [0.29, 0.717) is 18.1 Å². The van der Waals surface area contributed by atoms with Gasteiger partial charge in [0, 0.05) is 7.05 Å². The highest BCUT2D eigenvalue weighted by molar-refractivity contribution is 5.80. The zero-order valence-corrected chi connectivity index (χ0v) is 11.8. The number of nitrogens with zero attached hydrogens (tertiary/aromatic N) is 3. The molecule has 0 saturated carbocycles. The van der Waals surface area contributed by atoms with E-state index in [-0.39, 0.29) is 5.91 Å². The molecule has 0 spiro atoms. The van der Waals surface area contributed by atoms with Crippen molar-refractivity contribution in [3.8, 4) is 5.75 Å². The number of nitrogens with one attached hydrogen (secondary N) is 1. The maximum absolute atomic E-state index is 12.2. The van der Waals surface area contributed by atoms with Crippen molar-refractivity contribution in [2.75, 3.05) is 7.05 Å². The maximum atomic E-state index is 12.2. The summed E-state index contributed by atoms with van der Waals surface area (Å²) in [5.74, 6) is 1.88. The van der Waals surface area contributed by atoms with Gasteiger partial charge in [0.25, 0.3) is 5.91 Å². The van der Waals surface area contributed by atoms with Gasteiger partial charge in [0.05, 0.1) is 6.54 Å². The van der Waals surface area contributed by atoms with Crippen LogP contribution in [-0.4, -0.2) is 39.1 Å². The minimum atomic E-state index is -0.553. The lowest BCUT2D eigenvalue weighted by molar-refractivity contribution is -0.137. The van der Waals surface area contributed by atoms with Crippen molar-refractivity contribution in [1.29, 1.82) is 0 Å². The van der Waals surface area contributed by atoms with Crippen molar-refractivity contribution in [3.63, 3.8) is 0 Å². The summed E-state index contributed by atoms with van der Waals surface area (Å²) in [5, 5.41) is 6.76. The van der Waals surface area contributed by atoms with E-state index < -0.39 is 6.10 Å². The van der Waals surface area contributed by atoms with E-state index in [1.165, 1.54) is 0 Å². The number of amides is 1. The van der Waals surface area contributed by atoms with Crippen molar-refractivity contribution in [2.24, 2.45) is 0 Å². The van der Waals surface area contributed by atoms with Crippen LogP contribution in [0.5, 0.6) is 5.75 Å². The lowest BCUT2D eigenvalue weighted by Gasteiger charge is -2.21. The van der Waals surface area contributed by atoms with E-state index >= 15 is 0 Å². The molecule has 0 aliphatic heterocycles. The summed E-state index contributed by atoms with van der Waals surface area (Å²) in [4.78, 5) is 17.9. The average Bonchev–Trinajstić information content (AvgIpc) is 2.84. The Kier molecular flexibility index (Phi) is 4.34. The molecule has 0 aliphatic rings. The van der Waals surface area contributed by atoms with Crippen molar-refractivity contribution in [3.05, 3.63) is 42.0 Å². The molecular weight excluding hydrogens is 256 g/mol. The molecule has 1 atom stereocenters. The molecule has 2 aromatic rings. The van der Waals surface area contributed by atoms with Crippen LogP contribution in [0.3, 0.4) is 0 Å². The molecule has 106 valence electrons. The summed E-state index contributed by atoms with van der Waals surface area (Å²) in [6.07, 6.45) is -0.553. The number of hydrogen-bond acceptors (Lipinski definition) is 4. The lowest BCUT2D eigenvalue weighted by Crippen LogP contribution is -2.37. The molecule has 1 amide bonds. The Labute approximate surface area is 117 Å². The number of carbonyl (C=O) groups excluding carboxylic acids is 1. The molecular formula is C14H18N4O2. The second kappa shape index (κ2) is 6.18. The fourth-order valence-corrected chi connectivity index (χ4v) is 1.81. The first kappa shape index (κ1) is 14.0. The summed E-state index contributed by atoms with van der Waals surface area (Å²) < 4.78 is 5.60. The molecule has 0 fully saturated rings. The van der Waals surface area contributed by atoms with Gasteiger partial charge in [-0.25, -0.2) is 4.98 Å². The molecule has 6 nitrogen and oxygen atoms in total. The van der Waals surface area contributed by atoms with Crippen LogP contribution >= 0.6 is 0 Å². The van der Waals surface area contributed by atoms with Crippen LogP contribution < -0.4 is 4.74 Å². The third kappa shape index (κ3) is 3.57. The molecule has 1 heterocycles. The number of carbonyl (C=O) groups is 1. The predicted molar refractivity (Wildman–Crippen MR) is 74.1 cm³/mol. The van der Waals surface area contributed by atoms with Gasteiger partial charge in [0.1, 0.15) is 11.6 Å². The average molecular weight is 274 g/mol. The van der Waals surface area contributed by atoms with E-state index in [4.69, 9.17) is 4.74 Å². The van der Waals surface area contributed by atoms with Gasteiger partial charge < -0.3 is 9.64 Å². The van der Waals surface area contributed by atoms with Gasteiger partial charge >= 0.3 is 0 Å². The molecule has 0 saturated heterocycles. The Morgan fingerprint density at radius 1 is 1.40 bits per heavy atom. The lowest BCUT2D eigenvalue weighted by atomic mass is 10.3. The smallest absolute Gasteiger partial charge is 0.263 e. The first-order valence-electron chi connectivity index (χ1n) is 6.41. The van der Waals surface area contributed by atoms with E-state index in [9.17, 15) is 4.79 Å². The molecule has 20 heavy (non-hydrogen) atoms. The summed E-state index contributed by atoms with van der Waals surface area (Å²) in [6.45, 7) is 3.90. The second-order valence-corrected chi connectivity index (χ2v) is 4.60. The molecule has 1 N–H and O–H groups in total. The van der Waals surface area contributed by atoms with Crippen molar-refractivity contribution >= 4 is 5.91 Å². The quantitative estimate of drug-likeness (QED) is 0.897. The molecule has 1 unspecified atom stereocenters. The van der Waals surface area contributed by atoms with E-state index in [1.54, 1.807) is 18.9 Å². The van der Waals surface area contributed by atoms with Gasteiger partial charge in [0.2, 0.25) is 0 Å². The van der Waals surface area contributed by atoms with E-state index in [2.05, 4.69) is 15.2 Å². The van der Waals surface area contributed by atoms with Crippen LogP contribution in [0.2, 0.25) is 0 Å². The van der Waals surface area contributed by atoms with Crippen LogP contribution in [0.25, 0.3) is 0 Å². The highest BCUT2D eigenvalue weighted by atomic mass is 16.5. The van der Waals surface area contributed by atoms with Gasteiger partial charge in [0.15, 0.2) is 11.9 Å².